The minimum Gasteiger partial charge on any atom is -0.476 e. The van der Waals surface area contributed by atoms with Gasteiger partial charge in [0, 0.05) is 11.6 Å². The summed E-state index contributed by atoms with van der Waals surface area (Å²) in [6.45, 7) is 0. The van der Waals surface area contributed by atoms with Gasteiger partial charge in [-0.2, -0.15) is 0 Å². The van der Waals surface area contributed by atoms with Crippen LogP contribution in [0.25, 0.3) is 0 Å². The molecule has 1 saturated carbocycles. The average Bonchev–Trinajstić information content (AvgIpc) is 2.87. The van der Waals surface area contributed by atoms with E-state index in [2.05, 4.69) is 4.98 Å². The smallest absolute Gasteiger partial charge is 0.356 e. The first-order valence-electron chi connectivity index (χ1n) is 4.08. The van der Waals surface area contributed by atoms with E-state index in [1.807, 2.05) is 0 Å². The minimum absolute atomic E-state index is 0.0360. The Morgan fingerprint density at radius 2 is 2.23 bits per heavy atom. The van der Waals surface area contributed by atoms with E-state index in [-0.39, 0.29) is 10.7 Å². The van der Waals surface area contributed by atoms with Gasteiger partial charge >= 0.3 is 5.97 Å². The Kier molecular flexibility index (Phi) is 1.96. The van der Waals surface area contributed by atoms with Gasteiger partial charge in [-0.1, -0.05) is 11.6 Å². The Balaban J connectivity index is 2.41. The molecule has 1 fully saturated rings. The molecule has 1 N–H and O–H groups in total. The molecule has 0 radical (unpaired) electrons. The second kappa shape index (κ2) is 3.00. The third-order valence-corrected chi connectivity index (χ3v) is 2.37. The molecule has 68 valence electrons. The van der Waals surface area contributed by atoms with Crippen molar-refractivity contribution in [2.45, 2.75) is 18.8 Å². The molecule has 0 amide bonds. The summed E-state index contributed by atoms with van der Waals surface area (Å²) < 4.78 is 0. The standard InChI is InChI=1S/C9H8ClNO2/c10-6-3-4-7(5-1-2-5)11-8(6)9(12)13/h3-5H,1-2H2,(H,12,13). The van der Waals surface area contributed by atoms with E-state index >= 15 is 0 Å². The van der Waals surface area contributed by atoms with Crippen LogP contribution < -0.4 is 0 Å². The first-order chi connectivity index (χ1) is 6.18. The number of carbonyl (C=O) groups is 1. The van der Waals surface area contributed by atoms with Gasteiger partial charge in [-0.05, 0) is 25.0 Å². The van der Waals surface area contributed by atoms with Crippen molar-refractivity contribution in [2.75, 3.05) is 0 Å². The zero-order chi connectivity index (χ0) is 9.42. The second-order valence-electron chi connectivity index (χ2n) is 3.15. The lowest BCUT2D eigenvalue weighted by Crippen LogP contribution is -2.03. The normalized spacial score (nSPS) is 15.8. The Bertz CT molecular complexity index is 361. The second-order valence-corrected chi connectivity index (χ2v) is 3.55. The molecule has 1 aliphatic carbocycles. The summed E-state index contributed by atoms with van der Waals surface area (Å²) in [7, 11) is 0. The van der Waals surface area contributed by atoms with Crippen molar-refractivity contribution in [3.63, 3.8) is 0 Å². The van der Waals surface area contributed by atoms with Gasteiger partial charge in [0.15, 0.2) is 5.69 Å². The van der Waals surface area contributed by atoms with Gasteiger partial charge in [0.2, 0.25) is 0 Å². The molecule has 1 heterocycles. The fourth-order valence-electron chi connectivity index (χ4n) is 1.21. The SMILES string of the molecule is O=C(O)c1nc(C2CC2)ccc1Cl. The molecule has 4 heteroatoms. The molecule has 0 unspecified atom stereocenters. The highest BCUT2D eigenvalue weighted by Crippen LogP contribution is 2.39. The van der Waals surface area contributed by atoms with Gasteiger partial charge in [0.1, 0.15) is 0 Å². The van der Waals surface area contributed by atoms with E-state index in [1.165, 1.54) is 0 Å². The third-order valence-electron chi connectivity index (χ3n) is 2.07. The topological polar surface area (TPSA) is 50.2 Å². The number of carboxylic acids is 1. The molecule has 1 aromatic rings. The summed E-state index contributed by atoms with van der Waals surface area (Å²) in [5.74, 6) is -0.608. The molecule has 1 aromatic heterocycles. The third kappa shape index (κ3) is 1.65. The fourth-order valence-corrected chi connectivity index (χ4v) is 1.40. The van der Waals surface area contributed by atoms with Gasteiger partial charge in [-0.15, -0.1) is 0 Å². The molecule has 1 aliphatic rings. The van der Waals surface area contributed by atoms with Gasteiger partial charge in [-0.25, -0.2) is 9.78 Å². The quantitative estimate of drug-likeness (QED) is 0.792. The number of aromatic carboxylic acids is 1. The first-order valence-corrected chi connectivity index (χ1v) is 4.46. The number of hydrogen-bond acceptors (Lipinski definition) is 2. The lowest BCUT2D eigenvalue weighted by Gasteiger charge is -2.00. The number of nitrogens with zero attached hydrogens (tertiary/aromatic N) is 1. The molecule has 2 rings (SSSR count). The predicted molar refractivity (Wildman–Crippen MR) is 48.2 cm³/mol. The Hall–Kier alpha value is -1.09. The van der Waals surface area contributed by atoms with Crippen LogP contribution in [0, 0.1) is 0 Å². The van der Waals surface area contributed by atoms with E-state index in [1.54, 1.807) is 12.1 Å². The van der Waals surface area contributed by atoms with Crippen LogP contribution in [0.5, 0.6) is 0 Å². The van der Waals surface area contributed by atoms with Crippen molar-refractivity contribution in [1.29, 1.82) is 0 Å². The summed E-state index contributed by atoms with van der Waals surface area (Å²) in [6, 6.07) is 3.40. The number of halogens is 1. The summed E-state index contributed by atoms with van der Waals surface area (Å²) >= 11 is 5.67. The monoisotopic (exact) mass is 197 g/mol. The number of carboxylic acid groups (broad SMARTS) is 1. The Morgan fingerprint density at radius 3 is 2.77 bits per heavy atom. The van der Waals surface area contributed by atoms with Gasteiger partial charge in [0.25, 0.3) is 0 Å². The predicted octanol–water partition coefficient (Wildman–Crippen LogP) is 2.31. The first kappa shape index (κ1) is 8.51. The highest BCUT2D eigenvalue weighted by Gasteiger charge is 2.26. The van der Waals surface area contributed by atoms with Crippen LogP contribution in [-0.4, -0.2) is 16.1 Å². The summed E-state index contributed by atoms with van der Waals surface area (Å²) in [6.07, 6.45) is 2.21. The summed E-state index contributed by atoms with van der Waals surface area (Å²) in [5.41, 5.74) is 0.813. The van der Waals surface area contributed by atoms with E-state index in [0.29, 0.717) is 5.92 Å². The van der Waals surface area contributed by atoms with Crippen LogP contribution in [-0.2, 0) is 0 Å². The molecule has 0 aliphatic heterocycles. The van der Waals surface area contributed by atoms with Crippen molar-refractivity contribution in [1.82, 2.24) is 4.98 Å². The Labute approximate surface area is 80.4 Å². The number of hydrogen-bond donors (Lipinski definition) is 1. The lowest BCUT2D eigenvalue weighted by molar-refractivity contribution is 0.0690. The summed E-state index contributed by atoms with van der Waals surface area (Å²) in [5, 5.41) is 8.95. The van der Waals surface area contributed by atoms with Crippen molar-refractivity contribution in [2.24, 2.45) is 0 Å². The maximum atomic E-state index is 10.7. The molecule has 0 spiro atoms. The zero-order valence-electron chi connectivity index (χ0n) is 6.83. The van der Waals surface area contributed by atoms with E-state index in [9.17, 15) is 4.79 Å². The largest absolute Gasteiger partial charge is 0.476 e. The van der Waals surface area contributed by atoms with Crippen LogP contribution >= 0.6 is 11.6 Å². The van der Waals surface area contributed by atoms with Crippen molar-refractivity contribution >= 4 is 17.6 Å². The fraction of sp³-hybridized carbons (Fsp3) is 0.333. The van der Waals surface area contributed by atoms with Crippen molar-refractivity contribution < 1.29 is 9.90 Å². The molecule has 0 atom stereocenters. The van der Waals surface area contributed by atoms with E-state index in [4.69, 9.17) is 16.7 Å². The van der Waals surface area contributed by atoms with E-state index < -0.39 is 5.97 Å². The van der Waals surface area contributed by atoms with Crippen LogP contribution in [0.2, 0.25) is 5.02 Å². The molecule has 13 heavy (non-hydrogen) atoms. The molecule has 3 nitrogen and oxygen atoms in total. The molecule has 0 saturated heterocycles. The zero-order valence-corrected chi connectivity index (χ0v) is 7.58. The molecule has 0 bridgehead atoms. The van der Waals surface area contributed by atoms with Crippen LogP contribution in [0.4, 0.5) is 0 Å². The maximum Gasteiger partial charge on any atom is 0.356 e. The molecule has 0 aromatic carbocycles. The summed E-state index contributed by atoms with van der Waals surface area (Å²) in [4.78, 5) is 14.7. The number of rotatable bonds is 2. The van der Waals surface area contributed by atoms with E-state index in [0.717, 1.165) is 18.5 Å². The van der Waals surface area contributed by atoms with Gasteiger partial charge in [-0.3, -0.25) is 0 Å². The maximum absolute atomic E-state index is 10.7. The van der Waals surface area contributed by atoms with Crippen LogP contribution in [0.3, 0.4) is 0 Å². The van der Waals surface area contributed by atoms with Crippen LogP contribution in [0.15, 0.2) is 12.1 Å². The lowest BCUT2D eigenvalue weighted by atomic mass is 10.2. The van der Waals surface area contributed by atoms with Crippen molar-refractivity contribution in [3.8, 4) is 0 Å². The Morgan fingerprint density at radius 1 is 1.54 bits per heavy atom. The average molecular weight is 198 g/mol. The number of aromatic nitrogens is 1. The van der Waals surface area contributed by atoms with Gasteiger partial charge < -0.3 is 5.11 Å². The number of pyridine rings is 1. The minimum atomic E-state index is -1.06. The highest BCUT2D eigenvalue weighted by molar-refractivity contribution is 6.33. The van der Waals surface area contributed by atoms with Crippen LogP contribution in [0.1, 0.15) is 34.9 Å². The highest BCUT2D eigenvalue weighted by atomic mass is 35.5. The molecular weight excluding hydrogens is 190 g/mol. The molecular formula is C9H8ClNO2. The van der Waals surface area contributed by atoms with Crippen molar-refractivity contribution in [3.05, 3.63) is 28.5 Å². The van der Waals surface area contributed by atoms with Gasteiger partial charge in [0.05, 0.1) is 5.02 Å².